The zero-order valence-electron chi connectivity index (χ0n) is 8.65. The third-order valence-electron chi connectivity index (χ3n) is 2.82. The number of furan rings is 1. The maximum absolute atomic E-state index is 11.9. The molecule has 15 heavy (non-hydrogen) atoms. The molecular formula is C11H12O4. The highest BCUT2D eigenvalue weighted by atomic mass is 16.5. The summed E-state index contributed by atoms with van der Waals surface area (Å²) in [5.41, 5.74) is 0.517. The van der Waals surface area contributed by atoms with Gasteiger partial charge in [0.25, 0.3) is 0 Å². The summed E-state index contributed by atoms with van der Waals surface area (Å²) in [5, 5.41) is 0. The van der Waals surface area contributed by atoms with Crippen LogP contribution in [-0.2, 0) is 16.0 Å². The van der Waals surface area contributed by atoms with Crippen LogP contribution >= 0.6 is 0 Å². The number of carbonyl (C=O) groups excluding carboxylic acids is 2. The highest BCUT2D eigenvalue weighted by Gasteiger charge is 2.40. The van der Waals surface area contributed by atoms with Crippen molar-refractivity contribution >= 4 is 11.8 Å². The molecular weight excluding hydrogens is 196 g/mol. The molecule has 1 aromatic heterocycles. The summed E-state index contributed by atoms with van der Waals surface area (Å²) in [4.78, 5) is 23.4. The van der Waals surface area contributed by atoms with Crippen LogP contribution in [0.1, 0.15) is 23.0 Å². The molecule has 1 aliphatic carbocycles. The topological polar surface area (TPSA) is 56.5 Å². The first-order valence-electron chi connectivity index (χ1n) is 4.83. The summed E-state index contributed by atoms with van der Waals surface area (Å²) in [7, 11) is 1.30. The molecule has 0 bridgehead atoms. The smallest absolute Gasteiger partial charge is 0.316 e. The van der Waals surface area contributed by atoms with Crippen LogP contribution in [-0.4, -0.2) is 18.9 Å². The number of ketones is 1. The van der Waals surface area contributed by atoms with Crippen LogP contribution in [0.3, 0.4) is 0 Å². The van der Waals surface area contributed by atoms with Gasteiger partial charge >= 0.3 is 5.97 Å². The number of hydrogen-bond donors (Lipinski definition) is 0. The number of rotatable bonds is 1. The fourth-order valence-corrected chi connectivity index (χ4v) is 2.02. The molecule has 0 fully saturated rings. The molecule has 1 aromatic rings. The van der Waals surface area contributed by atoms with E-state index in [1.165, 1.54) is 13.4 Å². The minimum absolute atomic E-state index is 0.0661. The average Bonchev–Trinajstić information content (AvgIpc) is 2.65. The van der Waals surface area contributed by atoms with Crippen LogP contribution < -0.4 is 0 Å². The van der Waals surface area contributed by atoms with Gasteiger partial charge in [-0.3, -0.25) is 9.59 Å². The van der Waals surface area contributed by atoms with E-state index in [9.17, 15) is 9.59 Å². The third-order valence-corrected chi connectivity index (χ3v) is 2.82. The van der Waals surface area contributed by atoms with Crippen molar-refractivity contribution in [1.29, 1.82) is 0 Å². The molecule has 2 unspecified atom stereocenters. The lowest BCUT2D eigenvalue weighted by Gasteiger charge is -2.24. The van der Waals surface area contributed by atoms with Crippen molar-refractivity contribution in [3.05, 3.63) is 23.7 Å². The molecule has 0 aliphatic heterocycles. The lowest BCUT2D eigenvalue weighted by Crippen LogP contribution is -2.35. The molecule has 0 aromatic carbocycles. The minimum atomic E-state index is -0.680. The van der Waals surface area contributed by atoms with E-state index in [4.69, 9.17) is 4.42 Å². The van der Waals surface area contributed by atoms with Crippen LogP contribution in [0.5, 0.6) is 0 Å². The third kappa shape index (κ3) is 1.46. The summed E-state index contributed by atoms with van der Waals surface area (Å²) in [6, 6.07) is 1.61. The van der Waals surface area contributed by atoms with E-state index in [1.54, 1.807) is 6.07 Å². The Morgan fingerprint density at radius 2 is 2.33 bits per heavy atom. The van der Waals surface area contributed by atoms with Crippen molar-refractivity contribution in [3.8, 4) is 0 Å². The van der Waals surface area contributed by atoms with Gasteiger partial charge < -0.3 is 9.15 Å². The first-order chi connectivity index (χ1) is 7.15. The van der Waals surface area contributed by atoms with Gasteiger partial charge in [0.15, 0.2) is 5.78 Å². The van der Waals surface area contributed by atoms with Crippen molar-refractivity contribution in [1.82, 2.24) is 0 Å². The van der Waals surface area contributed by atoms with E-state index in [0.29, 0.717) is 17.7 Å². The normalized spacial score (nSPS) is 24.8. The van der Waals surface area contributed by atoms with E-state index in [-0.39, 0.29) is 11.7 Å². The van der Waals surface area contributed by atoms with E-state index in [2.05, 4.69) is 4.74 Å². The predicted octanol–water partition coefficient (Wildman–Crippen LogP) is 1.44. The summed E-state index contributed by atoms with van der Waals surface area (Å²) < 4.78 is 9.82. The summed E-state index contributed by atoms with van der Waals surface area (Å²) in [6.45, 7) is 1.85. The predicted molar refractivity (Wildman–Crippen MR) is 51.4 cm³/mol. The molecule has 2 rings (SSSR count). The zero-order chi connectivity index (χ0) is 11.0. The van der Waals surface area contributed by atoms with Crippen LogP contribution in [0, 0.1) is 11.8 Å². The fourth-order valence-electron chi connectivity index (χ4n) is 2.02. The van der Waals surface area contributed by atoms with Gasteiger partial charge in [-0.1, -0.05) is 6.92 Å². The largest absolute Gasteiger partial charge is 0.469 e. The van der Waals surface area contributed by atoms with Gasteiger partial charge in [0, 0.05) is 6.42 Å². The minimum Gasteiger partial charge on any atom is -0.469 e. The first-order valence-corrected chi connectivity index (χ1v) is 4.83. The van der Waals surface area contributed by atoms with Crippen LogP contribution in [0.25, 0.3) is 0 Å². The Bertz CT molecular complexity index is 404. The van der Waals surface area contributed by atoms with Crippen molar-refractivity contribution < 1.29 is 18.7 Å². The van der Waals surface area contributed by atoms with Gasteiger partial charge in [-0.25, -0.2) is 0 Å². The summed E-state index contributed by atoms with van der Waals surface area (Å²) in [6.07, 6.45) is 2.09. The van der Waals surface area contributed by atoms with Crippen molar-refractivity contribution in [2.75, 3.05) is 7.11 Å². The zero-order valence-corrected chi connectivity index (χ0v) is 8.65. The molecule has 0 spiro atoms. The Balaban J connectivity index is 2.38. The highest BCUT2D eigenvalue weighted by Crippen LogP contribution is 2.31. The molecule has 4 heteroatoms. The fraction of sp³-hybridized carbons (Fsp3) is 0.455. The van der Waals surface area contributed by atoms with Gasteiger partial charge in [0.1, 0.15) is 11.7 Å². The summed E-state index contributed by atoms with van der Waals surface area (Å²) >= 11 is 0. The van der Waals surface area contributed by atoms with Crippen LogP contribution in [0.15, 0.2) is 16.7 Å². The maximum Gasteiger partial charge on any atom is 0.316 e. The van der Waals surface area contributed by atoms with Crippen LogP contribution in [0.2, 0.25) is 0 Å². The van der Waals surface area contributed by atoms with Crippen molar-refractivity contribution in [2.45, 2.75) is 13.3 Å². The number of hydrogen-bond acceptors (Lipinski definition) is 4. The van der Waals surface area contributed by atoms with Gasteiger partial charge in [0.05, 0.1) is 18.9 Å². The number of ether oxygens (including phenoxy) is 1. The van der Waals surface area contributed by atoms with Gasteiger partial charge in [-0.2, -0.15) is 0 Å². The molecule has 0 saturated carbocycles. The molecule has 4 nitrogen and oxygen atoms in total. The van der Waals surface area contributed by atoms with Crippen LogP contribution in [0.4, 0.5) is 0 Å². The second-order valence-corrected chi connectivity index (χ2v) is 3.80. The van der Waals surface area contributed by atoms with Crippen molar-refractivity contribution in [3.63, 3.8) is 0 Å². The molecule has 0 N–H and O–H groups in total. The standard InChI is InChI=1S/C11H12O4/c1-6-5-8-7(3-4-15-8)10(12)9(6)11(13)14-2/h3-4,6,9H,5H2,1-2H3. The molecule has 0 radical (unpaired) electrons. The van der Waals surface area contributed by atoms with E-state index >= 15 is 0 Å². The van der Waals surface area contributed by atoms with E-state index in [1.807, 2.05) is 6.92 Å². The first kappa shape index (κ1) is 9.96. The second-order valence-electron chi connectivity index (χ2n) is 3.80. The van der Waals surface area contributed by atoms with Crippen molar-refractivity contribution in [2.24, 2.45) is 11.8 Å². The maximum atomic E-state index is 11.9. The number of carbonyl (C=O) groups is 2. The van der Waals surface area contributed by atoms with E-state index in [0.717, 1.165) is 0 Å². The molecule has 1 heterocycles. The molecule has 0 saturated heterocycles. The van der Waals surface area contributed by atoms with Gasteiger partial charge in [0.2, 0.25) is 0 Å². The Kier molecular flexibility index (Phi) is 2.34. The Morgan fingerprint density at radius 3 is 3.00 bits per heavy atom. The highest BCUT2D eigenvalue weighted by molar-refractivity contribution is 6.10. The molecule has 0 amide bonds. The molecule has 80 valence electrons. The van der Waals surface area contributed by atoms with Gasteiger partial charge in [-0.15, -0.1) is 0 Å². The molecule has 2 atom stereocenters. The molecule has 1 aliphatic rings. The number of fused-ring (bicyclic) bond motifs is 1. The number of Topliss-reactive ketones (excluding diaryl/α,β-unsaturated/α-hetero) is 1. The van der Waals surface area contributed by atoms with Gasteiger partial charge in [-0.05, 0) is 12.0 Å². The average molecular weight is 208 g/mol. The second kappa shape index (κ2) is 3.53. The summed E-state index contributed by atoms with van der Waals surface area (Å²) in [5.74, 6) is -0.722. The SMILES string of the molecule is COC(=O)C1C(=O)c2ccoc2CC1C. The number of methoxy groups -OCH3 is 1. The van der Waals surface area contributed by atoms with E-state index < -0.39 is 11.9 Å². The Morgan fingerprint density at radius 1 is 1.60 bits per heavy atom. The Labute approximate surface area is 87.2 Å². The monoisotopic (exact) mass is 208 g/mol. The Hall–Kier alpha value is -1.58. The quantitative estimate of drug-likeness (QED) is 0.517. The lowest BCUT2D eigenvalue weighted by atomic mass is 9.79. The number of esters is 1. The lowest BCUT2D eigenvalue weighted by molar-refractivity contribution is -0.145.